The van der Waals surface area contributed by atoms with Crippen LogP contribution in [0.3, 0.4) is 0 Å². The van der Waals surface area contributed by atoms with E-state index in [1.54, 1.807) is 17.5 Å². The van der Waals surface area contributed by atoms with Gasteiger partial charge in [-0.25, -0.2) is 4.79 Å². The second-order valence-electron chi connectivity index (χ2n) is 15.6. The van der Waals surface area contributed by atoms with E-state index in [4.69, 9.17) is 27.7 Å². The molecule has 9 heteroatoms. The van der Waals surface area contributed by atoms with Gasteiger partial charge in [0.25, 0.3) is 0 Å². The topological polar surface area (TPSA) is 158 Å². The Bertz CT molecular complexity index is 928. The van der Waals surface area contributed by atoms with Crippen LogP contribution in [0.5, 0.6) is 0 Å². The first-order valence-electron chi connectivity index (χ1n) is 18.8. The SMILES string of the molecule is C.C.CC.CC(C)CCCC(C)C1CCC2C3CC=C4CC(OC(=O)N(C)CCCNC(N)N)CCC4(C)C3CCC12C.CNC(N)N. The van der Waals surface area contributed by atoms with Gasteiger partial charge in [0.15, 0.2) is 0 Å². The summed E-state index contributed by atoms with van der Waals surface area (Å²) in [7, 11) is 3.52. The van der Waals surface area contributed by atoms with Crippen molar-refractivity contribution in [3.05, 3.63) is 11.6 Å². The molecule has 0 saturated heterocycles. The van der Waals surface area contributed by atoms with Crippen molar-refractivity contribution in [1.29, 1.82) is 0 Å². The summed E-state index contributed by atoms with van der Waals surface area (Å²) in [5.41, 5.74) is 23.4. The molecule has 4 aliphatic rings. The maximum Gasteiger partial charge on any atom is 0.409 e. The van der Waals surface area contributed by atoms with Crippen LogP contribution in [0.1, 0.15) is 140 Å². The molecule has 8 atom stereocenters. The van der Waals surface area contributed by atoms with Gasteiger partial charge in [-0.1, -0.05) is 94.2 Å². The first kappa shape index (κ1) is 46.8. The summed E-state index contributed by atoms with van der Waals surface area (Å²) in [6.45, 7) is 17.8. The van der Waals surface area contributed by atoms with E-state index in [2.05, 4.69) is 51.3 Å². The number of carbonyl (C=O) groups excluding carboxylic acids is 1. The maximum absolute atomic E-state index is 12.8. The minimum atomic E-state index is -0.515. The van der Waals surface area contributed by atoms with E-state index < -0.39 is 6.29 Å². The van der Waals surface area contributed by atoms with Crippen molar-refractivity contribution in [2.45, 2.75) is 159 Å². The molecule has 0 aliphatic heterocycles. The van der Waals surface area contributed by atoms with E-state index in [0.29, 0.717) is 18.5 Å². The predicted molar refractivity (Wildman–Crippen MR) is 207 cm³/mol. The summed E-state index contributed by atoms with van der Waals surface area (Å²) in [5.74, 6) is 5.11. The molecule has 3 fully saturated rings. The maximum atomic E-state index is 12.8. The van der Waals surface area contributed by atoms with Crippen LogP contribution in [0.4, 0.5) is 4.79 Å². The Balaban J connectivity index is 0.00000225. The van der Waals surface area contributed by atoms with Crippen LogP contribution in [0, 0.1) is 46.3 Å². The molecule has 0 bridgehead atoms. The van der Waals surface area contributed by atoms with Gasteiger partial charge < -0.3 is 32.6 Å². The Morgan fingerprint density at radius 3 is 2.19 bits per heavy atom. The van der Waals surface area contributed by atoms with Gasteiger partial charge in [-0.15, -0.1) is 0 Å². The number of nitrogens with zero attached hydrogens (tertiary/aromatic N) is 1. The molecule has 9 nitrogen and oxygen atoms in total. The van der Waals surface area contributed by atoms with Crippen LogP contribution in [0.2, 0.25) is 0 Å². The summed E-state index contributed by atoms with van der Waals surface area (Å²) in [4.78, 5) is 14.5. The van der Waals surface area contributed by atoms with Gasteiger partial charge in [-0.3, -0.25) is 10.6 Å². The fourth-order valence-electron chi connectivity index (χ4n) is 9.66. The van der Waals surface area contributed by atoms with E-state index in [1.807, 2.05) is 20.9 Å². The average Bonchev–Trinajstić information content (AvgIpc) is 3.37. The normalized spacial score (nSPS) is 30.9. The third kappa shape index (κ3) is 12.2. The van der Waals surface area contributed by atoms with Crippen molar-refractivity contribution in [2.75, 3.05) is 27.2 Å². The molecule has 0 heterocycles. The van der Waals surface area contributed by atoms with Gasteiger partial charge >= 0.3 is 6.09 Å². The van der Waals surface area contributed by atoms with Crippen molar-refractivity contribution < 1.29 is 9.53 Å². The Hall–Kier alpha value is -1.23. The van der Waals surface area contributed by atoms with E-state index in [-0.39, 0.29) is 38.8 Å². The fraction of sp³-hybridized carbons (Fsp3) is 0.923. The average molecular weight is 682 g/mol. The lowest BCUT2D eigenvalue weighted by atomic mass is 9.47. The summed E-state index contributed by atoms with van der Waals surface area (Å²) >= 11 is 0. The number of amides is 1. The summed E-state index contributed by atoms with van der Waals surface area (Å²) < 4.78 is 6.01. The molecule has 0 aromatic carbocycles. The number of hydrogen-bond donors (Lipinski definition) is 6. The summed E-state index contributed by atoms with van der Waals surface area (Å²) in [6.07, 6.45) is 16.5. The molecule has 4 aliphatic carbocycles. The zero-order valence-corrected chi connectivity index (χ0v) is 31.2. The molecule has 8 unspecified atom stereocenters. The third-order valence-corrected chi connectivity index (χ3v) is 12.2. The van der Waals surface area contributed by atoms with Crippen LogP contribution in [-0.4, -0.2) is 56.9 Å². The fourth-order valence-corrected chi connectivity index (χ4v) is 9.66. The molecule has 0 radical (unpaired) electrons. The van der Waals surface area contributed by atoms with Crippen molar-refractivity contribution >= 4 is 6.09 Å². The van der Waals surface area contributed by atoms with Gasteiger partial charge in [0.05, 0.1) is 0 Å². The molecule has 3 saturated carbocycles. The van der Waals surface area contributed by atoms with E-state index in [0.717, 1.165) is 61.2 Å². The number of nitrogens with two attached hydrogens (primary N) is 4. The number of carbonyl (C=O) groups is 1. The summed E-state index contributed by atoms with van der Waals surface area (Å²) in [5, 5.41) is 5.57. The van der Waals surface area contributed by atoms with Crippen molar-refractivity contribution in [3.63, 3.8) is 0 Å². The van der Waals surface area contributed by atoms with Crippen molar-refractivity contribution in [3.8, 4) is 0 Å². The quantitative estimate of drug-likeness (QED) is 0.0709. The number of ether oxygens (including phenoxy) is 1. The van der Waals surface area contributed by atoms with Crippen molar-refractivity contribution in [2.24, 2.45) is 69.3 Å². The molecular weight excluding hydrogens is 598 g/mol. The highest BCUT2D eigenvalue weighted by atomic mass is 16.6. The van der Waals surface area contributed by atoms with E-state index >= 15 is 0 Å². The highest BCUT2D eigenvalue weighted by molar-refractivity contribution is 5.67. The monoisotopic (exact) mass is 682 g/mol. The lowest BCUT2D eigenvalue weighted by molar-refractivity contribution is -0.0591. The minimum absolute atomic E-state index is 0. The van der Waals surface area contributed by atoms with Gasteiger partial charge in [-0.05, 0) is 111 Å². The zero-order chi connectivity index (χ0) is 34.7. The van der Waals surface area contributed by atoms with Gasteiger partial charge in [-0.2, -0.15) is 0 Å². The predicted octanol–water partition coefficient (Wildman–Crippen LogP) is 7.35. The number of allylic oxidation sites excluding steroid dienone is 1. The zero-order valence-electron chi connectivity index (χ0n) is 31.2. The van der Waals surface area contributed by atoms with Gasteiger partial charge in [0, 0.05) is 20.0 Å². The van der Waals surface area contributed by atoms with Crippen LogP contribution >= 0.6 is 0 Å². The minimum Gasteiger partial charge on any atom is -0.446 e. The molecule has 10 N–H and O–H groups in total. The highest BCUT2D eigenvalue weighted by Crippen LogP contribution is 2.67. The molecule has 286 valence electrons. The molecule has 0 aromatic rings. The molecule has 0 aromatic heterocycles. The lowest BCUT2D eigenvalue weighted by Crippen LogP contribution is -2.51. The molecule has 48 heavy (non-hydrogen) atoms. The Morgan fingerprint density at radius 2 is 1.60 bits per heavy atom. The number of fused-ring (bicyclic) bond motifs is 5. The van der Waals surface area contributed by atoms with E-state index in [1.165, 1.54) is 51.4 Å². The Labute approximate surface area is 297 Å². The third-order valence-electron chi connectivity index (χ3n) is 12.2. The molecule has 0 spiro atoms. The number of nitrogens with one attached hydrogen (secondary N) is 2. The Morgan fingerprint density at radius 1 is 0.958 bits per heavy atom. The standard InChI is InChI=1S/C33H60N4O2.C2H9N3.C2H6.2CH4/c1-22(2)9-7-10-23(3)27-13-14-28-26-12-11-24-21-25(39-31(38)37(6)20-8-19-36-30(34)35)15-17-32(24,4)29(26)16-18-33(27,28)5;1-5-2(3)4;1-2;;/h11,22-23,25-30,36H,7-10,12-21,34-35H2,1-6H3;2,5H,3-4H2,1H3;1-2H3;2*1H4. The highest BCUT2D eigenvalue weighted by Gasteiger charge is 2.59. The first-order valence-corrected chi connectivity index (χ1v) is 18.8. The Kier molecular flexibility index (Phi) is 21.3. The molecular formula is C39H83N7O2. The summed E-state index contributed by atoms with van der Waals surface area (Å²) in [6, 6.07) is 0. The second-order valence-corrected chi connectivity index (χ2v) is 15.6. The lowest BCUT2D eigenvalue weighted by Gasteiger charge is -2.58. The van der Waals surface area contributed by atoms with Gasteiger partial charge in [0.2, 0.25) is 0 Å². The van der Waals surface area contributed by atoms with Crippen molar-refractivity contribution in [1.82, 2.24) is 15.5 Å². The second kappa shape index (κ2) is 21.9. The van der Waals surface area contributed by atoms with Crippen LogP contribution in [0.25, 0.3) is 0 Å². The molecule has 4 rings (SSSR count). The first-order chi connectivity index (χ1) is 21.7. The van der Waals surface area contributed by atoms with E-state index in [9.17, 15) is 4.79 Å². The van der Waals surface area contributed by atoms with Crippen LogP contribution in [0.15, 0.2) is 11.6 Å². The molecule has 1 amide bonds. The number of hydrogen-bond acceptors (Lipinski definition) is 8. The van der Waals surface area contributed by atoms with Gasteiger partial charge in [0.1, 0.15) is 18.7 Å². The number of rotatable bonds is 12. The van der Waals surface area contributed by atoms with Crippen LogP contribution in [-0.2, 0) is 4.74 Å². The smallest absolute Gasteiger partial charge is 0.409 e. The van der Waals surface area contributed by atoms with Crippen LogP contribution < -0.4 is 33.6 Å². The largest absolute Gasteiger partial charge is 0.446 e.